The van der Waals surface area contributed by atoms with Crippen LogP contribution in [0.1, 0.15) is 79.1 Å². The van der Waals surface area contributed by atoms with Gasteiger partial charge in [-0.1, -0.05) is 39.3 Å². The second-order valence-corrected chi connectivity index (χ2v) is 12.8. The van der Waals surface area contributed by atoms with E-state index < -0.39 is 6.10 Å². The van der Waals surface area contributed by atoms with Crippen LogP contribution in [0.3, 0.4) is 0 Å². The van der Waals surface area contributed by atoms with Crippen LogP contribution < -0.4 is 0 Å². The van der Waals surface area contributed by atoms with E-state index >= 15 is 0 Å². The fraction of sp³-hybridized carbons (Fsp3) is 0.926. The molecular formula is C27H42O4. The number of aliphatic hydroxyl groups excluding tert-OH is 2. The average Bonchev–Trinajstić information content (AvgIpc) is 3.16. The molecule has 0 radical (unpaired) electrons. The number of hydrogen-bond acceptors (Lipinski definition) is 4. The van der Waals surface area contributed by atoms with E-state index in [0.29, 0.717) is 53.4 Å². The van der Waals surface area contributed by atoms with Gasteiger partial charge in [-0.15, -0.1) is 0 Å². The lowest BCUT2D eigenvalue weighted by Crippen LogP contribution is -2.56. The van der Waals surface area contributed by atoms with Crippen molar-refractivity contribution in [2.24, 2.45) is 46.3 Å². The summed E-state index contributed by atoms with van der Waals surface area (Å²) in [5.41, 5.74) is 1.48. The molecule has 12 atom stereocenters. The van der Waals surface area contributed by atoms with E-state index in [1.165, 1.54) is 24.8 Å². The molecule has 2 aliphatic heterocycles. The molecular weight excluding hydrogens is 388 g/mol. The third-order valence-corrected chi connectivity index (χ3v) is 11.4. The van der Waals surface area contributed by atoms with Gasteiger partial charge in [0.15, 0.2) is 5.79 Å². The maximum Gasteiger partial charge on any atom is 0.171 e. The van der Waals surface area contributed by atoms with Gasteiger partial charge in [0, 0.05) is 24.2 Å². The van der Waals surface area contributed by atoms with Crippen LogP contribution in [0.4, 0.5) is 0 Å². The molecule has 5 fully saturated rings. The van der Waals surface area contributed by atoms with Gasteiger partial charge in [0.2, 0.25) is 0 Å². The standard InChI is InChI=1S/C27H42O4/c1-15-7-10-27(30-14-15)16(2)24-22(31-27)13-21-19-6-5-17-11-18(28)12-23(29)26(17,4)20(19)8-9-25(21,24)3/h5,15-16,18-24,28-29H,6-14H2,1-4H3/t15-,16+,18-,19-,20?,21?,22+,23-,24+,25+,26+,27-/m1/s1. The van der Waals surface area contributed by atoms with Crippen LogP contribution in [0.2, 0.25) is 0 Å². The van der Waals surface area contributed by atoms with Gasteiger partial charge < -0.3 is 19.7 Å². The van der Waals surface area contributed by atoms with E-state index in [1.54, 1.807) is 0 Å². The molecule has 31 heavy (non-hydrogen) atoms. The summed E-state index contributed by atoms with van der Waals surface area (Å²) in [6, 6.07) is 0. The summed E-state index contributed by atoms with van der Waals surface area (Å²) in [4.78, 5) is 0. The zero-order chi connectivity index (χ0) is 21.8. The lowest BCUT2D eigenvalue weighted by Gasteiger charge is -2.59. The van der Waals surface area contributed by atoms with Crippen LogP contribution in [0, 0.1) is 46.3 Å². The Kier molecular flexibility index (Phi) is 4.64. The highest BCUT2D eigenvalue weighted by atomic mass is 16.7. The van der Waals surface area contributed by atoms with E-state index in [9.17, 15) is 10.2 Å². The van der Waals surface area contributed by atoms with Gasteiger partial charge in [-0.05, 0) is 73.5 Å². The van der Waals surface area contributed by atoms with Gasteiger partial charge in [0.25, 0.3) is 0 Å². The minimum absolute atomic E-state index is 0.155. The highest BCUT2D eigenvalue weighted by Crippen LogP contribution is 2.70. The number of allylic oxidation sites excluding steroid dienone is 1. The first-order chi connectivity index (χ1) is 14.7. The topological polar surface area (TPSA) is 58.9 Å². The average molecular weight is 431 g/mol. The molecule has 4 heteroatoms. The van der Waals surface area contributed by atoms with Crippen LogP contribution in [-0.4, -0.2) is 40.9 Å². The molecule has 0 amide bonds. The monoisotopic (exact) mass is 430 g/mol. The Bertz CT molecular complexity index is 769. The quantitative estimate of drug-likeness (QED) is 0.548. The van der Waals surface area contributed by atoms with Crippen LogP contribution >= 0.6 is 0 Å². The molecule has 2 heterocycles. The number of fused-ring (bicyclic) bond motifs is 7. The summed E-state index contributed by atoms with van der Waals surface area (Å²) >= 11 is 0. The second kappa shape index (κ2) is 6.81. The summed E-state index contributed by atoms with van der Waals surface area (Å²) in [6.07, 6.45) is 10.2. The maximum absolute atomic E-state index is 11.1. The van der Waals surface area contributed by atoms with Crippen molar-refractivity contribution in [3.63, 3.8) is 0 Å². The highest BCUT2D eigenvalue weighted by Gasteiger charge is 2.69. The van der Waals surface area contributed by atoms with Gasteiger partial charge in [0.05, 0.1) is 24.9 Å². The Balaban J connectivity index is 1.29. The maximum atomic E-state index is 11.1. The Morgan fingerprint density at radius 2 is 1.84 bits per heavy atom. The van der Waals surface area contributed by atoms with E-state index in [4.69, 9.17) is 9.47 Å². The predicted molar refractivity (Wildman–Crippen MR) is 119 cm³/mol. The normalized spacial score (nSPS) is 60.7. The first kappa shape index (κ1) is 21.1. The highest BCUT2D eigenvalue weighted by molar-refractivity contribution is 5.28. The molecule has 1 spiro atoms. The van der Waals surface area contributed by atoms with Crippen LogP contribution in [0.25, 0.3) is 0 Å². The fourth-order valence-corrected chi connectivity index (χ4v) is 9.72. The summed E-state index contributed by atoms with van der Waals surface area (Å²) in [5.74, 6) is 3.17. The van der Waals surface area contributed by atoms with E-state index in [0.717, 1.165) is 32.3 Å². The van der Waals surface area contributed by atoms with Gasteiger partial charge in [-0.25, -0.2) is 0 Å². The van der Waals surface area contributed by atoms with E-state index in [2.05, 4.69) is 33.8 Å². The minimum atomic E-state index is -0.420. The van der Waals surface area contributed by atoms with Crippen molar-refractivity contribution in [1.29, 1.82) is 0 Å². The third kappa shape index (κ3) is 2.68. The van der Waals surface area contributed by atoms with Crippen LogP contribution in [0.15, 0.2) is 11.6 Å². The molecule has 6 aliphatic rings. The van der Waals surface area contributed by atoms with Crippen molar-refractivity contribution in [2.75, 3.05) is 6.61 Å². The van der Waals surface area contributed by atoms with Crippen LogP contribution in [0.5, 0.6) is 0 Å². The summed E-state index contributed by atoms with van der Waals surface area (Å²) < 4.78 is 13.3. The summed E-state index contributed by atoms with van der Waals surface area (Å²) in [7, 11) is 0. The molecule has 0 aromatic heterocycles. The van der Waals surface area contributed by atoms with Gasteiger partial charge >= 0.3 is 0 Å². The molecule has 6 rings (SSSR count). The predicted octanol–water partition coefficient (Wildman–Crippen LogP) is 4.68. The molecule has 0 bridgehead atoms. The lowest BCUT2D eigenvalue weighted by atomic mass is 9.46. The minimum Gasteiger partial charge on any atom is -0.393 e. The molecule has 4 aliphatic carbocycles. The van der Waals surface area contributed by atoms with Crippen molar-refractivity contribution in [3.8, 4) is 0 Å². The van der Waals surface area contributed by atoms with Gasteiger partial charge in [0.1, 0.15) is 0 Å². The molecule has 0 aromatic carbocycles. The molecule has 2 saturated heterocycles. The van der Waals surface area contributed by atoms with Gasteiger partial charge in [-0.2, -0.15) is 0 Å². The van der Waals surface area contributed by atoms with Crippen molar-refractivity contribution < 1.29 is 19.7 Å². The zero-order valence-electron chi connectivity index (χ0n) is 19.8. The van der Waals surface area contributed by atoms with Crippen LogP contribution in [-0.2, 0) is 9.47 Å². The van der Waals surface area contributed by atoms with Crippen molar-refractivity contribution in [1.82, 2.24) is 0 Å². The number of rotatable bonds is 0. The number of aliphatic hydroxyl groups is 2. The zero-order valence-corrected chi connectivity index (χ0v) is 19.8. The van der Waals surface area contributed by atoms with Gasteiger partial charge in [-0.3, -0.25) is 0 Å². The summed E-state index contributed by atoms with van der Waals surface area (Å²) in [6.45, 7) is 10.4. The van der Waals surface area contributed by atoms with E-state index in [-0.39, 0.29) is 17.3 Å². The molecule has 4 nitrogen and oxygen atoms in total. The van der Waals surface area contributed by atoms with E-state index in [1.807, 2.05) is 0 Å². The van der Waals surface area contributed by atoms with Crippen molar-refractivity contribution >= 4 is 0 Å². The SMILES string of the molecule is C[C@@H]1CC[C@@]2(OC1)O[C@H]1CC3[C@@H]4CC=C5C[C@@H](O)C[C@@H](O)[C@]5(C)C4CC[C@]3(C)[C@H]1[C@@H]2C. The largest absolute Gasteiger partial charge is 0.393 e. The molecule has 174 valence electrons. The fourth-order valence-electron chi connectivity index (χ4n) is 9.72. The smallest absolute Gasteiger partial charge is 0.171 e. The molecule has 2 N–H and O–H groups in total. The Morgan fingerprint density at radius 3 is 2.58 bits per heavy atom. The summed E-state index contributed by atoms with van der Waals surface area (Å²) in [5, 5.41) is 21.4. The Labute approximate surface area is 187 Å². The lowest BCUT2D eigenvalue weighted by molar-refractivity contribution is -0.272. The van der Waals surface area contributed by atoms with Crippen molar-refractivity contribution in [2.45, 2.75) is 103 Å². The molecule has 3 saturated carbocycles. The molecule has 2 unspecified atom stereocenters. The van der Waals surface area contributed by atoms with Crippen molar-refractivity contribution in [3.05, 3.63) is 11.6 Å². The first-order valence-electron chi connectivity index (χ1n) is 13.1. The first-order valence-corrected chi connectivity index (χ1v) is 13.1. The Morgan fingerprint density at radius 1 is 1.03 bits per heavy atom. The number of ether oxygens (including phenoxy) is 2. The molecule has 0 aromatic rings. The Hall–Kier alpha value is -0.420. The number of hydrogen-bond donors (Lipinski definition) is 2. The second-order valence-electron chi connectivity index (χ2n) is 12.8. The third-order valence-electron chi connectivity index (χ3n) is 11.4.